The lowest BCUT2D eigenvalue weighted by Crippen LogP contribution is -2.59. The van der Waals surface area contributed by atoms with Crippen LogP contribution in [0.5, 0.6) is 5.75 Å². The molecule has 2 fully saturated rings. The number of nitrogens with one attached hydrogen (secondary N) is 1. The number of ether oxygens (including phenoxy) is 2. The van der Waals surface area contributed by atoms with Crippen LogP contribution in [0.15, 0.2) is 29.2 Å². The normalized spacial score (nSPS) is 21.8. The van der Waals surface area contributed by atoms with Gasteiger partial charge in [-0.25, -0.2) is 13.1 Å². The first-order chi connectivity index (χ1) is 12.1. The number of hydrogen-bond acceptors (Lipinski definition) is 5. The van der Waals surface area contributed by atoms with Gasteiger partial charge in [-0.15, -0.1) is 0 Å². The zero-order chi connectivity index (χ0) is 17.8. The van der Waals surface area contributed by atoms with Gasteiger partial charge in [-0.2, -0.15) is 0 Å². The number of sulfonamides is 1. The number of hydrogen-bond donors (Lipinski definition) is 1. The van der Waals surface area contributed by atoms with Crippen LogP contribution in [0.25, 0.3) is 0 Å². The lowest BCUT2D eigenvalue weighted by atomic mass is 9.80. The molecule has 7 heteroatoms. The molecule has 0 unspecified atom stereocenters. The second-order valence-electron chi connectivity index (χ2n) is 6.86. The van der Waals surface area contributed by atoms with Crippen LogP contribution in [0.4, 0.5) is 0 Å². The molecule has 2 aliphatic rings. The van der Waals surface area contributed by atoms with Gasteiger partial charge in [-0.3, -0.25) is 4.90 Å². The smallest absolute Gasteiger partial charge is 0.244 e. The Labute approximate surface area is 150 Å². The molecule has 0 spiro atoms. The molecular weight excluding hydrogens is 340 g/mol. The number of para-hydroxylation sites is 1. The molecule has 1 aromatic carbocycles. The number of morpholine rings is 1. The van der Waals surface area contributed by atoms with E-state index in [1.165, 1.54) is 13.5 Å². The highest BCUT2D eigenvalue weighted by atomic mass is 32.2. The van der Waals surface area contributed by atoms with Crippen LogP contribution in [0.2, 0.25) is 0 Å². The minimum atomic E-state index is -3.61. The summed E-state index contributed by atoms with van der Waals surface area (Å²) in [5, 5.41) is 0. The third kappa shape index (κ3) is 4.16. The van der Waals surface area contributed by atoms with E-state index in [4.69, 9.17) is 9.47 Å². The standard InChI is InChI=1S/C18H28N2O4S/c1-23-16-7-3-4-8-17(16)25(21,22)19-15-18(9-5-2-6-10-18)20-11-13-24-14-12-20/h3-4,7-8,19H,2,5-6,9-15H2,1H3. The van der Waals surface area contributed by atoms with E-state index >= 15 is 0 Å². The summed E-state index contributed by atoms with van der Waals surface area (Å²) >= 11 is 0. The summed E-state index contributed by atoms with van der Waals surface area (Å²) in [6.07, 6.45) is 5.58. The van der Waals surface area contributed by atoms with Crippen molar-refractivity contribution in [3.05, 3.63) is 24.3 Å². The van der Waals surface area contributed by atoms with Crippen LogP contribution in [-0.4, -0.2) is 58.8 Å². The molecule has 1 aromatic rings. The van der Waals surface area contributed by atoms with Gasteiger partial charge in [0, 0.05) is 25.2 Å². The minimum absolute atomic E-state index is 0.100. The summed E-state index contributed by atoms with van der Waals surface area (Å²) in [5.74, 6) is 0.374. The van der Waals surface area contributed by atoms with E-state index in [0.717, 1.165) is 52.0 Å². The second-order valence-corrected chi connectivity index (χ2v) is 8.60. The molecule has 0 amide bonds. The van der Waals surface area contributed by atoms with Crippen LogP contribution in [0, 0.1) is 0 Å². The predicted molar refractivity (Wildman–Crippen MR) is 96.4 cm³/mol. The Bertz CT molecular complexity index is 665. The van der Waals surface area contributed by atoms with Crippen LogP contribution in [-0.2, 0) is 14.8 Å². The van der Waals surface area contributed by atoms with E-state index in [2.05, 4.69) is 9.62 Å². The number of benzene rings is 1. The molecule has 1 N–H and O–H groups in total. The molecular formula is C18H28N2O4S. The Kier molecular flexibility index (Phi) is 5.99. The molecule has 0 aromatic heterocycles. The summed E-state index contributed by atoms with van der Waals surface area (Å²) in [4.78, 5) is 2.63. The monoisotopic (exact) mass is 368 g/mol. The van der Waals surface area contributed by atoms with Crippen LogP contribution < -0.4 is 9.46 Å². The van der Waals surface area contributed by atoms with Crippen molar-refractivity contribution < 1.29 is 17.9 Å². The summed E-state index contributed by atoms with van der Waals surface area (Å²) in [6, 6.07) is 6.75. The predicted octanol–water partition coefficient (Wildman–Crippen LogP) is 2.01. The van der Waals surface area contributed by atoms with Crippen LogP contribution >= 0.6 is 0 Å². The lowest BCUT2D eigenvalue weighted by molar-refractivity contribution is -0.0348. The van der Waals surface area contributed by atoms with Gasteiger partial charge >= 0.3 is 0 Å². The molecule has 25 heavy (non-hydrogen) atoms. The largest absolute Gasteiger partial charge is 0.495 e. The SMILES string of the molecule is COc1ccccc1S(=O)(=O)NCC1(N2CCOCC2)CCCCC1. The van der Waals surface area contributed by atoms with Gasteiger partial charge in [0.15, 0.2) is 0 Å². The zero-order valence-corrected chi connectivity index (χ0v) is 15.7. The van der Waals surface area contributed by atoms with Gasteiger partial charge in [0.05, 0.1) is 20.3 Å². The van der Waals surface area contributed by atoms with Crippen molar-refractivity contribution in [2.45, 2.75) is 42.5 Å². The molecule has 0 bridgehead atoms. The van der Waals surface area contributed by atoms with E-state index in [1.54, 1.807) is 24.3 Å². The first kappa shape index (κ1) is 18.6. The van der Waals surface area contributed by atoms with Gasteiger partial charge < -0.3 is 9.47 Å². The van der Waals surface area contributed by atoms with Crippen molar-refractivity contribution in [2.75, 3.05) is 40.0 Å². The highest BCUT2D eigenvalue weighted by Gasteiger charge is 2.39. The summed E-state index contributed by atoms with van der Waals surface area (Å²) in [5.41, 5.74) is -0.100. The fraction of sp³-hybridized carbons (Fsp3) is 0.667. The van der Waals surface area contributed by atoms with E-state index in [-0.39, 0.29) is 10.4 Å². The molecule has 1 aliphatic heterocycles. The average Bonchev–Trinajstić information content (AvgIpc) is 2.68. The summed E-state index contributed by atoms with van der Waals surface area (Å²) in [7, 11) is -2.12. The van der Waals surface area contributed by atoms with E-state index in [0.29, 0.717) is 12.3 Å². The van der Waals surface area contributed by atoms with Crippen molar-refractivity contribution >= 4 is 10.0 Å². The van der Waals surface area contributed by atoms with E-state index < -0.39 is 10.0 Å². The maximum atomic E-state index is 12.8. The Balaban J connectivity index is 1.78. The molecule has 6 nitrogen and oxygen atoms in total. The van der Waals surface area contributed by atoms with Crippen molar-refractivity contribution in [1.82, 2.24) is 9.62 Å². The van der Waals surface area contributed by atoms with Gasteiger partial charge in [-0.05, 0) is 25.0 Å². The molecule has 3 rings (SSSR count). The molecule has 1 heterocycles. The summed E-state index contributed by atoms with van der Waals surface area (Å²) < 4.78 is 39.3. The highest BCUT2D eigenvalue weighted by Crippen LogP contribution is 2.34. The van der Waals surface area contributed by atoms with Crippen molar-refractivity contribution in [3.63, 3.8) is 0 Å². The summed E-state index contributed by atoms with van der Waals surface area (Å²) in [6.45, 7) is 3.63. The number of nitrogens with zero attached hydrogens (tertiary/aromatic N) is 1. The topological polar surface area (TPSA) is 67.9 Å². The van der Waals surface area contributed by atoms with Gasteiger partial charge in [0.25, 0.3) is 0 Å². The molecule has 1 saturated carbocycles. The van der Waals surface area contributed by atoms with Crippen LogP contribution in [0.1, 0.15) is 32.1 Å². The number of methoxy groups -OCH3 is 1. The third-order valence-electron chi connectivity index (χ3n) is 5.42. The third-order valence-corrected chi connectivity index (χ3v) is 6.86. The van der Waals surface area contributed by atoms with Crippen molar-refractivity contribution in [1.29, 1.82) is 0 Å². The van der Waals surface area contributed by atoms with Gasteiger partial charge in [-0.1, -0.05) is 31.4 Å². The molecule has 0 radical (unpaired) electrons. The zero-order valence-electron chi connectivity index (χ0n) is 14.9. The Morgan fingerprint density at radius 2 is 1.84 bits per heavy atom. The fourth-order valence-corrected chi connectivity index (χ4v) is 5.29. The molecule has 140 valence electrons. The molecule has 1 aliphatic carbocycles. The van der Waals surface area contributed by atoms with Crippen molar-refractivity contribution in [2.24, 2.45) is 0 Å². The minimum Gasteiger partial charge on any atom is -0.495 e. The Morgan fingerprint density at radius 1 is 1.16 bits per heavy atom. The van der Waals surface area contributed by atoms with E-state index in [9.17, 15) is 8.42 Å². The maximum absolute atomic E-state index is 12.8. The first-order valence-corrected chi connectivity index (χ1v) is 10.5. The Hall–Kier alpha value is -1.15. The Morgan fingerprint density at radius 3 is 2.52 bits per heavy atom. The van der Waals surface area contributed by atoms with E-state index in [1.807, 2.05) is 0 Å². The average molecular weight is 368 g/mol. The second kappa shape index (κ2) is 8.03. The molecule has 1 saturated heterocycles. The maximum Gasteiger partial charge on any atom is 0.244 e. The molecule has 0 atom stereocenters. The van der Waals surface area contributed by atoms with Gasteiger partial charge in [0.1, 0.15) is 10.6 Å². The number of rotatable bonds is 6. The van der Waals surface area contributed by atoms with Crippen molar-refractivity contribution in [3.8, 4) is 5.75 Å². The highest BCUT2D eigenvalue weighted by molar-refractivity contribution is 7.89. The van der Waals surface area contributed by atoms with Crippen LogP contribution in [0.3, 0.4) is 0 Å². The lowest BCUT2D eigenvalue weighted by Gasteiger charge is -2.48. The van der Waals surface area contributed by atoms with Gasteiger partial charge in [0.2, 0.25) is 10.0 Å². The first-order valence-electron chi connectivity index (χ1n) is 9.03. The quantitative estimate of drug-likeness (QED) is 0.832. The fourth-order valence-electron chi connectivity index (χ4n) is 4.00.